The Labute approximate surface area is 118 Å². The summed E-state index contributed by atoms with van der Waals surface area (Å²) in [5, 5.41) is 7.03. The molecule has 0 amide bonds. The van der Waals surface area contributed by atoms with Crippen LogP contribution in [-0.4, -0.2) is 29.7 Å². The van der Waals surface area contributed by atoms with E-state index in [1.807, 2.05) is 13.8 Å². The lowest BCUT2D eigenvalue weighted by atomic mass is 10.4. The molecule has 0 aliphatic heterocycles. The molecule has 0 unspecified atom stereocenters. The van der Waals surface area contributed by atoms with E-state index < -0.39 is 10.0 Å². The van der Waals surface area contributed by atoms with E-state index in [9.17, 15) is 8.42 Å². The van der Waals surface area contributed by atoms with Gasteiger partial charge in [-0.3, -0.25) is 14.4 Å². The Bertz CT molecular complexity index is 681. The lowest BCUT2D eigenvalue weighted by molar-refractivity contribution is 0.601. The molecule has 0 spiro atoms. The van der Waals surface area contributed by atoms with E-state index in [4.69, 9.17) is 0 Å². The van der Waals surface area contributed by atoms with Crippen LogP contribution in [0, 0.1) is 0 Å². The zero-order chi connectivity index (χ0) is 14.6. The van der Waals surface area contributed by atoms with Crippen LogP contribution in [0.5, 0.6) is 0 Å². The van der Waals surface area contributed by atoms with Crippen LogP contribution in [0.1, 0.15) is 13.8 Å². The van der Waals surface area contributed by atoms with Crippen molar-refractivity contribution in [2.45, 2.75) is 25.3 Å². The van der Waals surface area contributed by atoms with Crippen molar-refractivity contribution in [1.82, 2.24) is 14.8 Å². The Hall–Kier alpha value is -2.09. The van der Waals surface area contributed by atoms with Gasteiger partial charge in [-0.05, 0) is 19.9 Å². The van der Waals surface area contributed by atoms with Gasteiger partial charge < -0.3 is 5.32 Å². The molecule has 0 aliphatic carbocycles. The second-order valence-corrected chi connectivity index (χ2v) is 5.74. The molecule has 108 valence electrons. The van der Waals surface area contributed by atoms with Gasteiger partial charge in [0.05, 0.1) is 17.6 Å². The first-order valence-corrected chi connectivity index (χ1v) is 7.78. The van der Waals surface area contributed by atoms with E-state index in [1.165, 1.54) is 12.4 Å². The second kappa shape index (κ2) is 5.91. The van der Waals surface area contributed by atoms with Crippen molar-refractivity contribution in [3.8, 4) is 0 Å². The second-order valence-electron chi connectivity index (χ2n) is 4.09. The highest BCUT2D eigenvalue weighted by Crippen LogP contribution is 2.22. The van der Waals surface area contributed by atoms with Gasteiger partial charge in [-0.25, -0.2) is 8.42 Å². The number of anilines is 2. The number of aromatic nitrogens is 3. The first-order chi connectivity index (χ1) is 9.56. The predicted molar refractivity (Wildman–Crippen MR) is 77.1 cm³/mol. The summed E-state index contributed by atoms with van der Waals surface area (Å²) in [5.41, 5.74) is 0.955. The lowest BCUT2D eigenvalue weighted by Crippen LogP contribution is -2.15. The minimum absolute atomic E-state index is 0.117. The van der Waals surface area contributed by atoms with Gasteiger partial charge in [0.2, 0.25) is 0 Å². The quantitative estimate of drug-likeness (QED) is 0.843. The van der Waals surface area contributed by atoms with Crippen molar-refractivity contribution in [1.29, 1.82) is 0 Å². The normalized spacial score (nSPS) is 11.3. The Balaban J connectivity index is 2.30. The minimum Gasteiger partial charge on any atom is -0.384 e. The summed E-state index contributed by atoms with van der Waals surface area (Å²) in [6, 6.07) is 1.63. The number of nitrogens with zero attached hydrogens (tertiary/aromatic N) is 3. The third-order valence-electron chi connectivity index (χ3n) is 2.65. The molecule has 2 heterocycles. The van der Waals surface area contributed by atoms with Crippen LogP contribution in [0.15, 0.2) is 35.7 Å². The molecule has 2 aromatic rings. The summed E-state index contributed by atoms with van der Waals surface area (Å²) in [6.45, 7) is 5.13. The molecule has 0 aliphatic rings. The molecule has 7 nitrogen and oxygen atoms in total. The van der Waals surface area contributed by atoms with Gasteiger partial charge in [0.1, 0.15) is 4.90 Å². The van der Waals surface area contributed by atoms with E-state index in [-0.39, 0.29) is 4.90 Å². The van der Waals surface area contributed by atoms with Crippen LogP contribution >= 0.6 is 0 Å². The first kappa shape index (κ1) is 14.3. The highest BCUT2D eigenvalue weighted by Gasteiger charge is 2.19. The average molecular weight is 295 g/mol. The number of hydrogen-bond acceptors (Lipinski definition) is 5. The zero-order valence-electron chi connectivity index (χ0n) is 11.4. The molecule has 0 radical (unpaired) electrons. The molecule has 0 fully saturated rings. The summed E-state index contributed by atoms with van der Waals surface area (Å²) in [4.78, 5) is 3.99. The SMILES string of the molecule is CCNc1ccncc1S(=O)(=O)Nc1cnn(CC)c1. The number of aryl methyl sites for hydroxylation is 1. The largest absolute Gasteiger partial charge is 0.384 e. The van der Waals surface area contributed by atoms with Crippen LogP contribution in [0.2, 0.25) is 0 Å². The molecule has 2 N–H and O–H groups in total. The first-order valence-electron chi connectivity index (χ1n) is 6.30. The summed E-state index contributed by atoms with van der Waals surface area (Å²) in [5.74, 6) is 0. The van der Waals surface area contributed by atoms with Gasteiger partial charge in [0, 0.05) is 31.7 Å². The summed E-state index contributed by atoms with van der Waals surface area (Å²) >= 11 is 0. The number of hydrogen-bond donors (Lipinski definition) is 2. The highest BCUT2D eigenvalue weighted by atomic mass is 32.2. The molecule has 0 atom stereocenters. The Morgan fingerprint density at radius 1 is 1.30 bits per heavy atom. The number of pyridine rings is 1. The fraction of sp³-hybridized carbons (Fsp3) is 0.333. The smallest absolute Gasteiger partial charge is 0.265 e. The number of rotatable bonds is 6. The standard InChI is InChI=1S/C12H17N5O2S/c1-3-14-11-5-6-13-8-12(11)20(18,19)16-10-7-15-17(4-2)9-10/h5-9,16H,3-4H2,1-2H3,(H,13,14). The van der Waals surface area contributed by atoms with Crippen LogP contribution in [0.4, 0.5) is 11.4 Å². The zero-order valence-corrected chi connectivity index (χ0v) is 12.2. The third-order valence-corrected chi connectivity index (χ3v) is 4.06. The maximum absolute atomic E-state index is 12.4. The Morgan fingerprint density at radius 2 is 2.10 bits per heavy atom. The van der Waals surface area contributed by atoms with E-state index in [0.717, 1.165) is 0 Å². The molecule has 8 heteroatoms. The van der Waals surface area contributed by atoms with Gasteiger partial charge in [0.15, 0.2) is 0 Å². The maximum Gasteiger partial charge on any atom is 0.265 e. The topological polar surface area (TPSA) is 88.9 Å². The molecule has 0 aromatic carbocycles. The molecule has 2 aromatic heterocycles. The predicted octanol–water partition coefficient (Wildman–Crippen LogP) is 1.53. The minimum atomic E-state index is -3.69. The Kier molecular flexibility index (Phi) is 4.23. The van der Waals surface area contributed by atoms with Crippen molar-refractivity contribution in [3.63, 3.8) is 0 Å². The molecule has 0 bridgehead atoms. The van der Waals surface area contributed by atoms with Crippen LogP contribution < -0.4 is 10.0 Å². The molecule has 0 saturated carbocycles. The molecular weight excluding hydrogens is 278 g/mol. The fourth-order valence-electron chi connectivity index (χ4n) is 1.73. The van der Waals surface area contributed by atoms with Crippen molar-refractivity contribution >= 4 is 21.4 Å². The van der Waals surface area contributed by atoms with Gasteiger partial charge in [0.25, 0.3) is 10.0 Å². The van der Waals surface area contributed by atoms with E-state index >= 15 is 0 Å². The summed E-state index contributed by atoms with van der Waals surface area (Å²) < 4.78 is 28.9. The molecule has 20 heavy (non-hydrogen) atoms. The van der Waals surface area contributed by atoms with E-state index in [2.05, 4.69) is 20.1 Å². The van der Waals surface area contributed by atoms with Gasteiger partial charge in [-0.1, -0.05) is 0 Å². The van der Waals surface area contributed by atoms with Crippen molar-refractivity contribution < 1.29 is 8.42 Å². The monoisotopic (exact) mass is 295 g/mol. The van der Waals surface area contributed by atoms with Gasteiger partial charge in [-0.15, -0.1) is 0 Å². The van der Waals surface area contributed by atoms with Crippen LogP contribution in [-0.2, 0) is 16.6 Å². The number of nitrogens with one attached hydrogen (secondary N) is 2. The van der Waals surface area contributed by atoms with Crippen molar-refractivity contribution in [2.75, 3.05) is 16.6 Å². The van der Waals surface area contributed by atoms with E-state index in [0.29, 0.717) is 24.5 Å². The van der Waals surface area contributed by atoms with Crippen molar-refractivity contribution in [3.05, 3.63) is 30.9 Å². The maximum atomic E-state index is 12.4. The molecule has 0 saturated heterocycles. The molecule has 2 rings (SSSR count). The highest BCUT2D eigenvalue weighted by molar-refractivity contribution is 7.92. The van der Waals surface area contributed by atoms with E-state index in [1.54, 1.807) is 23.1 Å². The van der Waals surface area contributed by atoms with Crippen LogP contribution in [0.3, 0.4) is 0 Å². The summed E-state index contributed by atoms with van der Waals surface area (Å²) in [6.07, 6.45) is 5.99. The lowest BCUT2D eigenvalue weighted by Gasteiger charge is -2.11. The third kappa shape index (κ3) is 3.08. The Morgan fingerprint density at radius 3 is 2.75 bits per heavy atom. The van der Waals surface area contributed by atoms with Gasteiger partial charge >= 0.3 is 0 Å². The summed E-state index contributed by atoms with van der Waals surface area (Å²) in [7, 11) is -3.69. The van der Waals surface area contributed by atoms with Gasteiger partial charge in [-0.2, -0.15) is 5.10 Å². The molecular formula is C12H17N5O2S. The fourth-order valence-corrected chi connectivity index (χ4v) is 2.88. The number of sulfonamides is 1. The average Bonchev–Trinajstić information content (AvgIpc) is 2.86. The van der Waals surface area contributed by atoms with Crippen molar-refractivity contribution in [2.24, 2.45) is 0 Å². The van der Waals surface area contributed by atoms with Crippen LogP contribution in [0.25, 0.3) is 0 Å².